The van der Waals surface area contributed by atoms with E-state index in [1.165, 1.54) is 49.8 Å². The van der Waals surface area contributed by atoms with Crippen molar-refractivity contribution in [3.63, 3.8) is 0 Å². The largest absolute Gasteiger partial charge is 0.493 e. The molecule has 0 bridgehead atoms. The molecule has 2 saturated carbocycles. The Morgan fingerprint density at radius 2 is 1.74 bits per heavy atom. The zero-order valence-corrected chi connectivity index (χ0v) is 22.7. The molecule has 0 unspecified atom stereocenters. The van der Waals surface area contributed by atoms with E-state index in [1.807, 2.05) is 6.07 Å². The number of anilines is 1. The van der Waals surface area contributed by atoms with Gasteiger partial charge in [0.2, 0.25) is 0 Å². The Bertz CT molecular complexity index is 1170. The molecule has 2 amide bonds. The van der Waals surface area contributed by atoms with Gasteiger partial charge in [0.05, 0.1) is 19.8 Å². The van der Waals surface area contributed by atoms with Crippen LogP contribution < -0.4 is 20.1 Å². The van der Waals surface area contributed by atoms with Crippen molar-refractivity contribution in [2.24, 2.45) is 0 Å². The lowest BCUT2D eigenvalue weighted by atomic mass is 9.64. The maximum absolute atomic E-state index is 13.1. The molecule has 1 aliphatic heterocycles. The summed E-state index contributed by atoms with van der Waals surface area (Å²) in [5, 5.41) is 5.68. The second-order valence-corrected chi connectivity index (χ2v) is 11.2. The highest BCUT2D eigenvalue weighted by Gasteiger charge is 2.53. The van der Waals surface area contributed by atoms with Gasteiger partial charge in [-0.1, -0.05) is 31.4 Å². The average molecular weight is 546 g/mol. The van der Waals surface area contributed by atoms with Gasteiger partial charge >= 0.3 is 12.2 Å². The third kappa shape index (κ3) is 5.69. The lowest BCUT2D eigenvalue weighted by molar-refractivity contribution is -0.137. The normalized spacial score (nSPS) is 26.1. The van der Waals surface area contributed by atoms with Crippen LogP contribution in [0.1, 0.15) is 68.9 Å². The van der Waals surface area contributed by atoms with E-state index in [4.69, 9.17) is 9.47 Å². The summed E-state index contributed by atoms with van der Waals surface area (Å²) in [6, 6.07) is 11.2. The second-order valence-electron chi connectivity index (χ2n) is 11.2. The van der Waals surface area contributed by atoms with Crippen molar-refractivity contribution in [2.75, 3.05) is 26.1 Å². The minimum atomic E-state index is -4.46. The number of fused-ring (bicyclic) bond motifs is 1. The lowest BCUT2D eigenvalue weighted by Crippen LogP contribution is -2.55. The first kappa shape index (κ1) is 27.6. The minimum absolute atomic E-state index is 0.0489. The van der Waals surface area contributed by atoms with E-state index >= 15 is 0 Å². The summed E-state index contributed by atoms with van der Waals surface area (Å²) in [5.74, 6) is 1.43. The molecule has 0 aromatic heterocycles. The summed E-state index contributed by atoms with van der Waals surface area (Å²) in [5.41, 5.74) is 0.539. The average Bonchev–Trinajstić information content (AvgIpc) is 3.32. The summed E-state index contributed by atoms with van der Waals surface area (Å²) < 4.78 is 50.5. The van der Waals surface area contributed by atoms with E-state index < -0.39 is 17.8 Å². The molecule has 2 aromatic carbocycles. The van der Waals surface area contributed by atoms with Gasteiger partial charge in [0, 0.05) is 29.2 Å². The van der Waals surface area contributed by atoms with Crippen LogP contribution in [0.2, 0.25) is 0 Å². The van der Waals surface area contributed by atoms with Crippen LogP contribution in [-0.4, -0.2) is 49.8 Å². The van der Waals surface area contributed by atoms with E-state index in [0.717, 1.165) is 50.1 Å². The fraction of sp³-hybridized carbons (Fsp3) is 0.567. The molecule has 212 valence electrons. The number of carbonyl (C=O) groups excluding carboxylic acids is 1. The first-order valence-electron chi connectivity index (χ1n) is 14.0. The zero-order chi connectivity index (χ0) is 27.6. The van der Waals surface area contributed by atoms with Crippen molar-refractivity contribution >= 4 is 11.7 Å². The second kappa shape index (κ2) is 11.3. The minimum Gasteiger partial charge on any atom is -0.493 e. The van der Waals surface area contributed by atoms with Gasteiger partial charge in [-0.3, -0.25) is 4.90 Å². The number of hydrogen-bond acceptors (Lipinski definition) is 4. The maximum atomic E-state index is 13.1. The number of ether oxygens (including phenoxy) is 2. The van der Waals surface area contributed by atoms with Gasteiger partial charge in [0.1, 0.15) is 0 Å². The number of halogens is 3. The van der Waals surface area contributed by atoms with Crippen LogP contribution >= 0.6 is 0 Å². The molecule has 0 spiro atoms. The molecule has 1 saturated heterocycles. The molecule has 1 heterocycles. The van der Waals surface area contributed by atoms with Crippen molar-refractivity contribution in [1.82, 2.24) is 10.2 Å². The predicted octanol–water partition coefficient (Wildman–Crippen LogP) is 6.74. The Labute approximate surface area is 228 Å². The van der Waals surface area contributed by atoms with E-state index in [-0.39, 0.29) is 23.2 Å². The monoisotopic (exact) mass is 545 g/mol. The quantitative estimate of drug-likeness (QED) is 0.422. The Kier molecular flexibility index (Phi) is 7.99. The number of nitrogens with one attached hydrogen (secondary N) is 2. The smallest absolute Gasteiger partial charge is 0.416 e. The summed E-state index contributed by atoms with van der Waals surface area (Å²) in [6.45, 7) is 1.02. The summed E-state index contributed by atoms with van der Waals surface area (Å²) >= 11 is 0. The number of urea groups is 1. The lowest BCUT2D eigenvalue weighted by Gasteiger charge is -2.47. The molecule has 3 fully saturated rings. The highest BCUT2D eigenvalue weighted by molar-refractivity contribution is 5.89. The van der Waals surface area contributed by atoms with Crippen molar-refractivity contribution in [3.8, 4) is 11.5 Å². The molecular weight excluding hydrogens is 507 g/mol. The maximum Gasteiger partial charge on any atom is 0.416 e. The highest BCUT2D eigenvalue weighted by Crippen LogP contribution is 2.51. The third-order valence-corrected chi connectivity index (χ3v) is 9.09. The van der Waals surface area contributed by atoms with Crippen LogP contribution in [0.5, 0.6) is 11.5 Å². The summed E-state index contributed by atoms with van der Waals surface area (Å²) in [7, 11) is 3.30. The number of methoxy groups -OCH3 is 2. The fourth-order valence-corrected chi connectivity index (χ4v) is 7.17. The SMILES string of the molecule is COc1ccc([C@@]23CC[C@@H](NC(=O)Nc4cccc(C(F)(F)F)c4)C[C@@H]2N(C2CCCCC2)CC3)cc1OC. The Hall–Kier alpha value is -2.94. The number of hydrogen-bond donors (Lipinski definition) is 2. The molecule has 39 heavy (non-hydrogen) atoms. The van der Waals surface area contributed by atoms with Gasteiger partial charge in [-0.2, -0.15) is 13.2 Å². The van der Waals surface area contributed by atoms with Gasteiger partial charge in [0.25, 0.3) is 0 Å². The number of rotatable bonds is 6. The molecule has 3 aliphatic rings. The van der Waals surface area contributed by atoms with Crippen LogP contribution in [0.4, 0.5) is 23.7 Å². The van der Waals surface area contributed by atoms with Gasteiger partial charge in [-0.05, 0) is 81.0 Å². The predicted molar refractivity (Wildman–Crippen MR) is 144 cm³/mol. The summed E-state index contributed by atoms with van der Waals surface area (Å²) in [4.78, 5) is 15.6. The Morgan fingerprint density at radius 1 is 0.974 bits per heavy atom. The zero-order valence-electron chi connectivity index (χ0n) is 22.7. The van der Waals surface area contributed by atoms with Gasteiger partial charge < -0.3 is 20.1 Å². The molecule has 0 radical (unpaired) electrons. The molecule has 6 nitrogen and oxygen atoms in total. The Morgan fingerprint density at radius 3 is 2.46 bits per heavy atom. The number of benzene rings is 2. The standard InChI is InChI=1S/C30H38F3N3O3/c1-38-25-12-11-20(18-26(25)39-2)29-14-13-23(19-27(29)36(16-15-29)24-9-4-3-5-10-24)35-28(37)34-22-8-6-7-21(17-22)30(31,32)33/h6-8,11-12,17-18,23-24,27H,3-5,9-10,13-16,19H2,1-2H3,(H2,34,35,37)/t23-,27+,29+/m1/s1. The van der Waals surface area contributed by atoms with Gasteiger partial charge in [0.15, 0.2) is 11.5 Å². The van der Waals surface area contributed by atoms with Crippen LogP contribution in [0.25, 0.3) is 0 Å². The Balaban J connectivity index is 1.35. The molecule has 2 aromatic rings. The third-order valence-electron chi connectivity index (χ3n) is 9.09. The summed E-state index contributed by atoms with van der Waals surface area (Å²) in [6.07, 6.45) is 5.26. The van der Waals surface area contributed by atoms with E-state index in [1.54, 1.807) is 14.2 Å². The number of likely N-dealkylation sites (tertiary alicyclic amines) is 1. The van der Waals surface area contributed by atoms with Crippen molar-refractivity contribution in [2.45, 2.75) is 87.5 Å². The first-order chi connectivity index (χ1) is 18.7. The first-order valence-corrected chi connectivity index (χ1v) is 14.0. The van der Waals surface area contributed by atoms with Gasteiger partial charge in [-0.15, -0.1) is 0 Å². The van der Waals surface area contributed by atoms with Gasteiger partial charge in [-0.25, -0.2) is 4.79 Å². The van der Waals surface area contributed by atoms with Crippen LogP contribution in [0.15, 0.2) is 42.5 Å². The van der Waals surface area contributed by atoms with Crippen molar-refractivity contribution in [1.29, 1.82) is 0 Å². The molecule has 2 N–H and O–H groups in total. The number of carbonyl (C=O) groups is 1. The van der Waals surface area contributed by atoms with E-state index in [9.17, 15) is 18.0 Å². The van der Waals surface area contributed by atoms with Crippen LogP contribution in [-0.2, 0) is 11.6 Å². The number of nitrogens with zero attached hydrogens (tertiary/aromatic N) is 1. The van der Waals surface area contributed by atoms with E-state index in [0.29, 0.717) is 11.8 Å². The highest BCUT2D eigenvalue weighted by atomic mass is 19.4. The topological polar surface area (TPSA) is 62.8 Å². The molecule has 9 heteroatoms. The number of alkyl halides is 3. The number of amides is 2. The molecule has 2 aliphatic carbocycles. The van der Waals surface area contributed by atoms with Crippen LogP contribution in [0, 0.1) is 0 Å². The van der Waals surface area contributed by atoms with Crippen molar-refractivity contribution < 1.29 is 27.4 Å². The molecular formula is C30H38F3N3O3. The fourth-order valence-electron chi connectivity index (χ4n) is 7.17. The van der Waals surface area contributed by atoms with Crippen LogP contribution in [0.3, 0.4) is 0 Å². The van der Waals surface area contributed by atoms with Crippen molar-refractivity contribution in [3.05, 3.63) is 53.6 Å². The molecule has 5 rings (SSSR count). The van der Waals surface area contributed by atoms with E-state index in [2.05, 4.69) is 27.7 Å². The molecule has 3 atom stereocenters.